The molecule has 1 aromatic carbocycles. The molecular weight excluding hydrogens is 295 g/mol. The van der Waals surface area contributed by atoms with E-state index in [2.05, 4.69) is 5.32 Å². The number of rotatable bonds is 7. The van der Waals surface area contributed by atoms with Crippen molar-refractivity contribution in [2.45, 2.75) is 31.7 Å². The van der Waals surface area contributed by atoms with Gasteiger partial charge in [0.05, 0.1) is 7.11 Å². The van der Waals surface area contributed by atoms with Crippen molar-refractivity contribution in [3.8, 4) is 5.75 Å². The van der Waals surface area contributed by atoms with Gasteiger partial charge in [-0.1, -0.05) is 6.07 Å². The van der Waals surface area contributed by atoms with Gasteiger partial charge < -0.3 is 15.8 Å². The van der Waals surface area contributed by atoms with Gasteiger partial charge in [-0.25, -0.2) is 4.39 Å². The van der Waals surface area contributed by atoms with E-state index in [1.807, 2.05) is 0 Å². The number of amides is 1. The van der Waals surface area contributed by atoms with Crippen molar-refractivity contribution in [2.75, 3.05) is 13.7 Å². The van der Waals surface area contributed by atoms with Crippen LogP contribution in [-0.4, -0.2) is 25.6 Å². The van der Waals surface area contributed by atoms with E-state index in [0.717, 1.165) is 18.4 Å². The van der Waals surface area contributed by atoms with Crippen molar-refractivity contribution < 1.29 is 13.9 Å². The molecule has 1 saturated carbocycles. The van der Waals surface area contributed by atoms with Gasteiger partial charge in [0.15, 0.2) is 11.6 Å². The zero-order valence-corrected chi connectivity index (χ0v) is 12.9. The summed E-state index contributed by atoms with van der Waals surface area (Å²) < 4.78 is 18.4. The molecule has 1 amide bonds. The summed E-state index contributed by atoms with van der Waals surface area (Å²) in [6.07, 6.45) is 3.14. The third-order valence-electron chi connectivity index (χ3n) is 3.65. The Morgan fingerprint density at radius 2 is 2.24 bits per heavy atom. The van der Waals surface area contributed by atoms with Crippen LogP contribution in [0.1, 0.15) is 24.8 Å². The van der Waals surface area contributed by atoms with E-state index in [1.165, 1.54) is 13.2 Å². The highest BCUT2D eigenvalue weighted by Crippen LogP contribution is 2.32. The van der Waals surface area contributed by atoms with E-state index in [-0.39, 0.29) is 30.1 Å². The highest BCUT2D eigenvalue weighted by molar-refractivity contribution is 5.85. The lowest BCUT2D eigenvalue weighted by atomic mass is 10.1. The normalized spacial score (nSPS) is 15.0. The first-order valence-electron chi connectivity index (χ1n) is 6.96. The number of carbonyl (C=O) groups excluding carboxylic acids is 1. The molecule has 3 N–H and O–H groups in total. The van der Waals surface area contributed by atoms with Crippen LogP contribution in [0.4, 0.5) is 4.39 Å². The average Bonchev–Trinajstić information content (AvgIpc) is 3.27. The van der Waals surface area contributed by atoms with E-state index in [1.54, 1.807) is 12.1 Å². The molecule has 1 aliphatic carbocycles. The molecule has 1 aliphatic rings. The van der Waals surface area contributed by atoms with Crippen LogP contribution < -0.4 is 15.8 Å². The third-order valence-corrected chi connectivity index (χ3v) is 3.65. The molecule has 2 rings (SSSR count). The second-order valence-electron chi connectivity index (χ2n) is 5.22. The van der Waals surface area contributed by atoms with Crippen molar-refractivity contribution in [1.29, 1.82) is 0 Å². The van der Waals surface area contributed by atoms with Crippen LogP contribution in [0.2, 0.25) is 0 Å². The average molecular weight is 317 g/mol. The fourth-order valence-electron chi connectivity index (χ4n) is 2.27. The van der Waals surface area contributed by atoms with Crippen LogP contribution in [0.3, 0.4) is 0 Å². The molecule has 1 atom stereocenters. The fourth-order valence-corrected chi connectivity index (χ4v) is 2.27. The summed E-state index contributed by atoms with van der Waals surface area (Å²) in [6.45, 7) is 0.480. The van der Waals surface area contributed by atoms with Gasteiger partial charge in [0.2, 0.25) is 5.91 Å². The smallest absolute Gasteiger partial charge is 0.220 e. The number of hydrogen-bond acceptors (Lipinski definition) is 3. The first-order chi connectivity index (χ1) is 9.63. The Balaban J connectivity index is 0.00000220. The van der Waals surface area contributed by atoms with Gasteiger partial charge in [-0.3, -0.25) is 4.79 Å². The zero-order chi connectivity index (χ0) is 14.5. The molecule has 0 bridgehead atoms. The summed E-state index contributed by atoms with van der Waals surface area (Å²) in [6, 6.07) is 4.86. The molecule has 0 heterocycles. The summed E-state index contributed by atoms with van der Waals surface area (Å²) >= 11 is 0. The first kappa shape index (κ1) is 17.7. The Bertz CT molecular complexity index is 481. The first-order valence-corrected chi connectivity index (χ1v) is 6.96. The SMILES string of the molecule is COc1ccc(CCC(=O)NC(CN)C2CC2)cc1F.Cl. The van der Waals surface area contributed by atoms with Crippen LogP contribution in [0.25, 0.3) is 0 Å². The quantitative estimate of drug-likeness (QED) is 0.809. The lowest BCUT2D eigenvalue weighted by Crippen LogP contribution is -2.41. The molecule has 4 nitrogen and oxygen atoms in total. The molecule has 0 radical (unpaired) electrons. The number of benzene rings is 1. The summed E-state index contributed by atoms with van der Waals surface area (Å²) in [4.78, 5) is 11.8. The van der Waals surface area contributed by atoms with Gasteiger partial charge >= 0.3 is 0 Å². The van der Waals surface area contributed by atoms with Crippen molar-refractivity contribution in [3.05, 3.63) is 29.6 Å². The predicted octanol–water partition coefficient (Wildman–Crippen LogP) is 2.04. The van der Waals surface area contributed by atoms with Crippen molar-refractivity contribution in [1.82, 2.24) is 5.32 Å². The molecule has 21 heavy (non-hydrogen) atoms. The Morgan fingerprint density at radius 1 is 1.52 bits per heavy atom. The number of hydrogen-bond donors (Lipinski definition) is 2. The van der Waals surface area contributed by atoms with E-state index < -0.39 is 5.82 Å². The molecule has 118 valence electrons. The van der Waals surface area contributed by atoms with E-state index in [4.69, 9.17) is 10.5 Å². The Hall–Kier alpha value is -1.33. The Kier molecular flexibility index (Phi) is 6.92. The van der Waals surface area contributed by atoms with Crippen LogP contribution in [-0.2, 0) is 11.2 Å². The monoisotopic (exact) mass is 316 g/mol. The molecular formula is C15H22ClFN2O2. The number of aryl methyl sites for hydroxylation is 1. The van der Waals surface area contributed by atoms with Crippen molar-refractivity contribution >= 4 is 18.3 Å². The van der Waals surface area contributed by atoms with Gasteiger partial charge in [-0.2, -0.15) is 0 Å². The standard InChI is InChI=1S/C15H21FN2O2.ClH/c1-20-14-6-2-10(8-12(14)16)3-7-15(19)18-13(9-17)11-4-5-11;/h2,6,8,11,13H,3-5,7,9,17H2,1H3,(H,18,19);1H. The Labute approximate surface area is 130 Å². The van der Waals surface area contributed by atoms with Gasteiger partial charge in [-0.05, 0) is 42.9 Å². The summed E-state index contributed by atoms with van der Waals surface area (Å²) in [5, 5.41) is 2.95. The second kappa shape index (κ2) is 8.20. The molecule has 1 aromatic rings. The highest BCUT2D eigenvalue weighted by Gasteiger charge is 2.30. The van der Waals surface area contributed by atoms with Gasteiger partial charge in [0, 0.05) is 19.0 Å². The van der Waals surface area contributed by atoms with Crippen molar-refractivity contribution in [2.24, 2.45) is 11.7 Å². The topological polar surface area (TPSA) is 64.3 Å². The molecule has 1 unspecified atom stereocenters. The van der Waals surface area contributed by atoms with Gasteiger partial charge in [0.25, 0.3) is 0 Å². The fraction of sp³-hybridized carbons (Fsp3) is 0.533. The molecule has 0 spiro atoms. The van der Waals surface area contributed by atoms with E-state index in [0.29, 0.717) is 25.3 Å². The van der Waals surface area contributed by atoms with Crippen LogP contribution in [0.15, 0.2) is 18.2 Å². The van der Waals surface area contributed by atoms with Gasteiger partial charge in [-0.15, -0.1) is 12.4 Å². The van der Waals surface area contributed by atoms with Crippen LogP contribution in [0.5, 0.6) is 5.75 Å². The number of ether oxygens (including phenoxy) is 1. The number of nitrogens with two attached hydrogens (primary N) is 1. The summed E-state index contributed by atoms with van der Waals surface area (Å²) in [5.41, 5.74) is 6.43. The number of carbonyl (C=O) groups is 1. The van der Waals surface area contributed by atoms with Gasteiger partial charge in [0.1, 0.15) is 0 Å². The molecule has 6 heteroatoms. The molecule has 0 saturated heterocycles. The maximum atomic E-state index is 13.5. The minimum absolute atomic E-state index is 0. The summed E-state index contributed by atoms with van der Waals surface area (Å²) in [5.74, 6) is 0.337. The lowest BCUT2D eigenvalue weighted by Gasteiger charge is -2.15. The van der Waals surface area contributed by atoms with E-state index >= 15 is 0 Å². The lowest BCUT2D eigenvalue weighted by molar-refractivity contribution is -0.121. The minimum atomic E-state index is -0.400. The maximum Gasteiger partial charge on any atom is 0.220 e. The number of nitrogens with one attached hydrogen (secondary N) is 1. The second-order valence-corrected chi connectivity index (χ2v) is 5.22. The predicted molar refractivity (Wildman–Crippen MR) is 82.2 cm³/mol. The maximum absolute atomic E-state index is 13.5. The van der Waals surface area contributed by atoms with Crippen LogP contribution in [0, 0.1) is 11.7 Å². The molecule has 0 aliphatic heterocycles. The summed E-state index contributed by atoms with van der Waals surface area (Å²) in [7, 11) is 1.43. The highest BCUT2D eigenvalue weighted by atomic mass is 35.5. The molecule has 1 fully saturated rings. The van der Waals surface area contributed by atoms with E-state index in [9.17, 15) is 9.18 Å². The Morgan fingerprint density at radius 3 is 2.76 bits per heavy atom. The largest absolute Gasteiger partial charge is 0.494 e. The van der Waals surface area contributed by atoms with Crippen molar-refractivity contribution in [3.63, 3.8) is 0 Å². The molecule has 0 aromatic heterocycles. The minimum Gasteiger partial charge on any atom is -0.494 e. The van der Waals surface area contributed by atoms with Crippen LogP contribution >= 0.6 is 12.4 Å². The zero-order valence-electron chi connectivity index (χ0n) is 12.1. The third kappa shape index (κ3) is 5.17. The number of halogens is 2. The number of methoxy groups -OCH3 is 1.